The summed E-state index contributed by atoms with van der Waals surface area (Å²) in [5.74, 6) is 3.08. The van der Waals surface area contributed by atoms with E-state index in [4.69, 9.17) is 4.74 Å². The highest BCUT2D eigenvalue weighted by Gasteiger charge is 2.25. The second kappa shape index (κ2) is 9.08. The minimum Gasteiger partial charge on any atom is -0.493 e. The van der Waals surface area contributed by atoms with Gasteiger partial charge in [-0.1, -0.05) is 50.3 Å². The van der Waals surface area contributed by atoms with Gasteiger partial charge in [0.05, 0.1) is 6.61 Å². The summed E-state index contributed by atoms with van der Waals surface area (Å²) in [4.78, 5) is 2.57. The molecule has 31 heavy (non-hydrogen) atoms. The quantitative estimate of drug-likeness (QED) is 0.543. The number of hydrogen-bond donors (Lipinski definition) is 1. The van der Waals surface area contributed by atoms with Crippen molar-refractivity contribution in [3.8, 4) is 5.75 Å². The maximum absolute atomic E-state index is 6.01. The molecule has 2 saturated carbocycles. The lowest BCUT2D eigenvalue weighted by Gasteiger charge is -2.33. The fraction of sp³-hybridized carbons (Fsp3) is 0.500. The number of nitrogens with zero attached hydrogens (tertiary/aromatic N) is 1. The van der Waals surface area contributed by atoms with Crippen LogP contribution in [0.2, 0.25) is 0 Å². The highest BCUT2D eigenvalue weighted by Crippen LogP contribution is 2.34. The summed E-state index contributed by atoms with van der Waals surface area (Å²) in [6, 6.07) is 15.8. The maximum atomic E-state index is 6.01. The minimum absolute atomic E-state index is 0.536. The molecule has 164 valence electrons. The summed E-state index contributed by atoms with van der Waals surface area (Å²) in [6.45, 7) is 11.5. The lowest BCUT2D eigenvalue weighted by Crippen LogP contribution is -2.32. The molecule has 2 aromatic carbocycles. The highest BCUT2D eigenvalue weighted by atomic mass is 16.5. The third-order valence-corrected chi connectivity index (χ3v) is 7.30. The van der Waals surface area contributed by atoms with E-state index in [9.17, 15) is 0 Å². The molecule has 1 unspecified atom stereocenters. The number of benzene rings is 2. The molecule has 3 aliphatic rings. The van der Waals surface area contributed by atoms with Gasteiger partial charge in [0.15, 0.2) is 0 Å². The van der Waals surface area contributed by atoms with Crippen molar-refractivity contribution in [1.82, 2.24) is 10.2 Å². The number of ether oxygens (including phenoxy) is 1. The predicted molar refractivity (Wildman–Crippen MR) is 127 cm³/mol. The van der Waals surface area contributed by atoms with Crippen LogP contribution in [0.3, 0.4) is 0 Å². The van der Waals surface area contributed by atoms with Gasteiger partial charge in [-0.2, -0.15) is 0 Å². The van der Waals surface area contributed by atoms with Gasteiger partial charge in [0.25, 0.3) is 0 Å². The van der Waals surface area contributed by atoms with Gasteiger partial charge in [-0.25, -0.2) is 0 Å². The normalized spacial score (nSPS) is 21.3. The summed E-state index contributed by atoms with van der Waals surface area (Å²) in [6.07, 6.45) is 6.63. The first kappa shape index (κ1) is 20.6. The van der Waals surface area contributed by atoms with Crippen molar-refractivity contribution in [3.63, 3.8) is 0 Å². The molecule has 5 rings (SSSR count). The SMILES string of the molecule is C=C(NCc1ccc(CN2Cc3ccc(OCC4CC4)cc3C(C)C2)cc1)C1CCC1. The number of rotatable bonds is 9. The molecule has 0 radical (unpaired) electrons. The molecular weight excluding hydrogens is 380 g/mol. The molecule has 3 nitrogen and oxygen atoms in total. The first-order chi connectivity index (χ1) is 15.1. The number of fused-ring (bicyclic) bond motifs is 1. The third kappa shape index (κ3) is 5.15. The van der Waals surface area contributed by atoms with E-state index < -0.39 is 0 Å². The first-order valence-electron chi connectivity index (χ1n) is 12.1. The van der Waals surface area contributed by atoms with Gasteiger partial charge in [0.1, 0.15) is 5.75 Å². The van der Waals surface area contributed by atoms with E-state index in [0.29, 0.717) is 11.8 Å². The van der Waals surface area contributed by atoms with Gasteiger partial charge < -0.3 is 10.1 Å². The van der Waals surface area contributed by atoms with Gasteiger partial charge in [0, 0.05) is 31.9 Å². The van der Waals surface area contributed by atoms with Crippen LogP contribution >= 0.6 is 0 Å². The van der Waals surface area contributed by atoms with Crippen molar-refractivity contribution in [2.24, 2.45) is 11.8 Å². The van der Waals surface area contributed by atoms with E-state index in [1.807, 2.05) is 0 Å². The molecule has 2 aliphatic carbocycles. The molecule has 0 spiro atoms. The van der Waals surface area contributed by atoms with Crippen LogP contribution in [0.1, 0.15) is 67.2 Å². The van der Waals surface area contributed by atoms with Gasteiger partial charge >= 0.3 is 0 Å². The molecule has 0 saturated heterocycles. The van der Waals surface area contributed by atoms with Gasteiger partial charge in [-0.05, 0) is 77.8 Å². The summed E-state index contributed by atoms with van der Waals surface area (Å²) in [7, 11) is 0. The van der Waals surface area contributed by atoms with Crippen LogP contribution in [0, 0.1) is 11.8 Å². The zero-order valence-corrected chi connectivity index (χ0v) is 18.9. The standard InChI is InChI=1S/C28H36N2O/c1-20-16-30(18-26-12-13-27(14-28(20)26)31-19-24-10-11-24)17-23-8-6-22(7-9-23)15-29-21(2)25-4-3-5-25/h6-9,12-14,20,24-25,29H,2-5,10-11,15-19H2,1H3. The monoisotopic (exact) mass is 416 g/mol. The van der Waals surface area contributed by atoms with E-state index in [1.54, 1.807) is 0 Å². The Bertz CT molecular complexity index is 911. The van der Waals surface area contributed by atoms with Crippen LogP contribution in [0.25, 0.3) is 0 Å². The number of allylic oxidation sites excluding steroid dienone is 1. The molecule has 2 aromatic rings. The molecular formula is C28H36N2O. The Morgan fingerprint density at radius 2 is 1.84 bits per heavy atom. The molecule has 0 bridgehead atoms. The lowest BCUT2D eigenvalue weighted by molar-refractivity contribution is 0.225. The summed E-state index contributed by atoms with van der Waals surface area (Å²) in [5, 5.41) is 3.53. The van der Waals surface area contributed by atoms with E-state index in [0.717, 1.165) is 44.5 Å². The van der Waals surface area contributed by atoms with Crippen molar-refractivity contribution in [3.05, 3.63) is 77.0 Å². The molecule has 0 aromatic heterocycles. The average molecular weight is 417 g/mol. The molecule has 3 heteroatoms. The summed E-state index contributed by atoms with van der Waals surface area (Å²) in [5.41, 5.74) is 6.87. The fourth-order valence-corrected chi connectivity index (χ4v) is 4.81. The minimum atomic E-state index is 0.536. The predicted octanol–water partition coefficient (Wildman–Crippen LogP) is 6.00. The Labute approximate surface area is 187 Å². The second-order valence-corrected chi connectivity index (χ2v) is 10.0. The zero-order valence-electron chi connectivity index (χ0n) is 18.9. The van der Waals surface area contributed by atoms with Crippen LogP contribution in [0.15, 0.2) is 54.7 Å². The largest absolute Gasteiger partial charge is 0.493 e. The Balaban J connectivity index is 1.15. The molecule has 2 fully saturated rings. The lowest BCUT2D eigenvalue weighted by atomic mass is 9.83. The zero-order chi connectivity index (χ0) is 21.2. The Kier molecular flexibility index (Phi) is 6.04. The molecule has 1 aliphatic heterocycles. The van der Waals surface area contributed by atoms with E-state index >= 15 is 0 Å². The van der Waals surface area contributed by atoms with Crippen LogP contribution < -0.4 is 10.1 Å². The number of nitrogens with one attached hydrogen (secondary N) is 1. The van der Waals surface area contributed by atoms with E-state index in [-0.39, 0.29) is 0 Å². The topological polar surface area (TPSA) is 24.5 Å². The summed E-state index contributed by atoms with van der Waals surface area (Å²) < 4.78 is 6.01. The van der Waals surface area contributed by atoms with Crippen LogP contribution in [-0.4, -0.2) is 18.1 Å². The smallest absolute Gasteiger partial charge is 0.119 e. The third-order valence-electron chi connectivity index (χ3n) is 7.30. The van der Waals surface area contributed by atoms with Crippen LogP contribution in [-0.2, 0) is 19.6 Å². The Hall–Kier alpha value is -2.26. The highest BCUT2D eigenvalue weighted by molar-refractivity contribution is 5.39. The molecule has 0 amide bonds. The van der Waals surface area contributed by atoms with Gasteiger partial charge in [-0.3, -0.25) is 4.90 Å². The maximum Gasteiger partial charge on any atom is 0.119 e. The van der Waals surface area contributed by atoms with Crippen molar-refractivity contribution in [2.75, 3.05) is 13.2 Å². The van der Waals surface area contributed by atoms with Crippen LogP contribution in [0.5, 0.6) is 5.75 Å². The first-order valence-corrected chi connectivity index (χ1v) is 12.1. The van der Waals surface area contributed by atoms with Crippen molar-refractivity contribution in [1.29, 1.82) is 0 Å². The van der Waals surface area contributed by atoms with Crippen molar-refractivity contribution >= 4 is 0 Å². The molecule has 1 atom stereocenters. The van der Waals surface area contributed by atoms with Gasteiger partial charge in [-0.15, -0.1) is 0 Å². The second-order valence-electron chi connectivity index (χ2n) is 10.0. The Morgan fingerprint density at radius 3 is 2.55 bits per heavy atom. The van der Waals surface area contributed by atoms with Gasteiger partial charge in [0.2, 0.25) is 0 Å². The number of hydrogen-bond acceptors (Lipinski definition) is 3. The fourth-order valence-electron chi connectivity index (χ4n) is 4.81. The van der Waals surface area contributed by atoms with E-state index in [2.05, 4.69) is 66.2 Å². The molecule has 1 N–H and O–H groups in total. The molecule has 1 heterocycles. The average Bonchev–Trinajstić information content (AvgIpc) is 3.55. The Morgan fingerprint density at radius 1 is 1.06 bits per heavy atom. The summed E-state index contributed by atoms with van der Waals surface area (Å²) >= 11 is 0. The van der Waals surface area contributed by atoms with Crippen molar-refractivity contribution < 1.29 is 4.74 Å². The van der Waals surface area contributed by atoms with Crippen LogP contribution in [0.4, 0.5) is 0 Å². The van der Waals surface area contributed by atoms with Crippen molar-refractivity contribution in [2.45, 2.75) is 64.6 Å². The van der Waals surface area contributed by atoms with E-state index in [1.165, 1.54) is 60.1 Å².